The molecule has 6 heteroatoms. The number of anilines is 1. The lowest BCUT2D eigenvalue weighted by molar-refractivity contribution is -0.112. The van der Waals surface area contributed by atoms with Crippen LogP contribution in [0.4, 0.5) is 5.69 Å². The third-order valence-corrected chi connectivity index (χ3v) is 6.33. The lowest BCUT2D eigenvalue weighted by Crippen LogP contribution is -2.39. The van der Waals surface area contributed by atoms with Crippen LogP contribution in [0.5, 0.6) is 5.75 Å². The molecule has 1 amide bonds. The number of fused-ring (bicyclic) bond motifs is 1. The molecule has 2 aromatic carbocycles. The monoisotopic (exact) mass is 487 g/mol. The van der Waals surface area contributed by atoms with Crippen LogP contribution in [-0.2, 0) is 9.53 Å². The predicted molar refractivity (Wildman–Crippen MR) is 138 cm³/mol. The molecule has 2 aromatic rings. The fourth-order valence-corrected chi connectivity index (χ4v) is 4.67. The molecule has 1 aliphatic heterocycles. The first kappa shape index (κ1) is 25.2. The highest BCUT2D eigenvalue weighted by Crippen LogP contribution is 2.41. The van der Waals surface area contributed by atoms with Gasteiger partial charge in [0.2, 0.25) is 0 Å². The third-order valence-electron chi connectivity index (χ3n) is 5.86. The van der Waals surface area contributed by atoms with Crippen LogP contribution in [0.3, 0.4) is 0 Å². The van der Waals surface area contributed by atoms with E-state index in [0.717, 1.165) is 42.5 Å². The van der Waals surface area contributed by atoms with Crippen molar-refractivity contribution in [3.8, 4) is 5.75 Å². The fraction of sp³-hybridized carbons (Fsp3) is 0.370. The van der Waals surface area contributed by atoms with Crippen LogP contribution < -0.4 is 9.64 Å². The minimum atomic E-state index is -0.664. The summed E-state index contributed by atoms with van der Waals surface area (Å²) < 4.78 is 12.5. The quantitative estimate of drug-likeness (QED) is 0.253. The summed E-state index contributed by atoms with van der Waals surface area (Å²) in [4.78, 5) is 14.7. The van der Waals surface area contributed by atoms with Crippen molar-refractivity contribution >= 4 is 46.4 Å². The first-order valence-electron chi connectivity index (χ1n) is 11.4. The second kappa shape index (κ2) is 10.7. The summed E-state index contributed by atoms with van der Waals surface area (Å²) in [7, 11) is 1.74. The van der Waals surface area contributed by atoms with Crippen molar-refractivity contribution < 1.29 is 14.3 Å². The number of carbonyl (C=O) groups is 1. The van der Waals surface area contributed by atoms with Crippen LogP contribution >= 0.6 is 23.2 Å². The predicted octanol–water partition coefficient (Wildman–Crippen LogP) is 7.78. The second-order valence-corrected chi connectivity index (χ2v) is 9.09. The molecule has 0 atom stereocenters. The number of carbonyl (C=O) groups excluding carboxylic acids is 1. The molecule has 0 unspecified atom stereocenters. The molecule has 1 heterocycles. The van der Waals surface area contributed by atoms with Crippen molar-refractivity contribution in [2.45, 2.75) is 52.1 Å². The largest absolute Gasteiger partial charge is 0.495 e. The molecule has 0 fully saturated rings. The zero-order chi connectivity index (χ0) is 24.2. The normalized spacial score (nSPS) is 14.5. The smallest absolute Gasteiger partial charge is 0.258 e. The molecule has 4 nitrogen and oxygen atoms in total. The van der Waals surface area contributed by atoms with Crippen molar-refractivity contribution in [2.24, 2.45) is 0 Å². The lowest BCUT2D eigenvalue weighted by atomic mass is 9.90. The topological polar surface area (TPSA) is 38.8 Å². The Balaban J connectivity index is 2.11. The van der Waals surface area contributed by atoms with Gasteiger partial charge in [0.1, 0.15) is 11.5 Å². The maximum Gasteiger partial charge on any atom is 0.258 e. The van der Waals surface area contributed by atoms with Gasteiger partial charge in [0.15, 0.2) is 5.60 Å². The number of halogens is 2. The molecule has 0 radical (unpaired) electrons. The molecule has 0 saturated heterocycles. The van der Waals surface area contributed by atoms with E-state index in [9.17, 15) is 4.79 Å². The Kier molecular flexibility index (Phi) is 8.14. The summed E-state index contributed by atoms with van der Waals surface area (Å²) in [6.07, 6.45) is 5.19. The molecule has 0 N–H and O–H groups in total. The van der Waals surface area contributed by atoms with E-state index in [1.807, 2.05) is 31.2 Å². The van der Waals surface area contributed by atoms with Gasteiger partial charge in [0, 0.05) is 33.8 Å². The van der Waals surface area contributed by atoms with Crippen molar-refractivity contribution in [1.29, 1.82) is 0 Å². The van der Waals surface area contributed by atoms with Crippen LogP contribution in [0.1, 0.15) is 57.6 Å². The Bertz CT molecular complexity index is 1070. The molecule has 3 rings (SSSR count). The SMILES string of the molecule is C=C(OCC)C(CCC)(CCC)Oc1ccc(Cl)cc1/C=C1/C(=O)N(C)c2cc(Cl)ccc21. The number of hydrogen-bond acceptors (Lipinski definition) is 3. The summed E-state index contributed by atoms with van der Waals surface area (Å²) in [5, 5.41) is 1.14. The maximum atomic E-state index is 13.1. The Hall–Kier alpha value is -2.43. The highest BCUT2D eigenvalue weighted by Gasteiger charge is 2.37. The van der Waals surface area contributed by atoms with Crippen molar-refractivity contribution in [2.75, 3.05) is 18.6 Å². The summed E-state index contributed by atoms with van der Waals surface area (Å²) in [5.74, 6) is 1.15. The highest BCUT2D eigenvalue weighted by molar-refractivity contribution is 6.37. The zero-order valence-electron chi connectivity index (χ0n) is 19.7. The van der Waals surface area contributed by atoms with Gasteiger partial charge in [-0.3, -0.25) is 4.79 Å². The zero-order valence-corrected chi connectivity index (χ0v) is 21.2. The van der Waals surface area contributed by atoms with E-state index in [1.165, 1.54) is 0 Å². The van der Waals surface area contributed by atoms with E-state index in [2.05, 4.69) is 20.4 Å². The molecule has 33 heavy (non-hydrogen) atoms. The fourth-order valence-electron chi connectivity index (χ4n) is 4.32. The standard InChI is InChI=1S/C27H31Cl2NO3/c1-6-13-27(14-7-2,18(4)32-8-3)33-25-12-10-20(28)15-19(25)16-23-22-11-9-21(29)17-24(22)30(5)26(23)31/h9-12,15-17H,4,6-8,13-14H2,1-3,5H3/b23-16+. The van der Waals surface area contributed by atoms with E-state index < -0.39 is 5.60 Å². The number of ether oxygens (including phenoxy) is 2. The number of likely N-dealkylation sites (N-methyl/N-ethyl adjacent to an activating group) is 1. The molecule has 0 aliphatic carbocycles. The number of rotatable bonds is 10. The van der Waals surface area contributed by atoms with Gasteiger partial charge >= 0.3 is 0 Å². The van der Waals surface area contributed by atoms with Crippen molar-refractivity contribution in [3.05, 3.63) is 69.9 Å². The van der Waals surface area contributed by atoms with Gasteiger partial charge in [0.25, 0.3) is 5.91 Å². The van der Waals surface area contributed by atoms with Gasteiger partial charge in [-0.25, -0.2) is 0 Å². The van der Waals surface area contributed by atoms with Gasteiger partial charge in [-0.05, 0) is 56.2 Å². The summed E-state index contributed by atoms with van der Waals surface area (Å²) in [5.41, 5.74) is 2.23. The second-order valence-electron chi connectivity index (χ2n) is 8.22. The first-order valence-corrected chi connectivity index (χ1v) is 12.1. The Morgan fingerprint density at radius 1 is 1.06 bits per heavy atom. The van der Waals surface area contributed by atoms with Crippen LogP contribution in [0.2, 0.25) is 10.0 Å². The van der Waals surface area contributed by atoms with Gasteiger partial charge in [-0.1, -0.05) is 62.5 Å². The van der Waals surface area contributed by atoms with Crippen LogP contribution in [0.15, 0.2) is 48.7 Å². The minimum Gasteiger partial charge on any atom is -0.495 e. The molecule has 0 aromatic heterocycles. The average molecular weight is 488 g/mol. The van der Waals surface area contributed by atoms with Crippen LogP contribution in [0, 0.1) is 0 Å². The number of amides is 1. The van der Waals surface area contributed by atoms with Crippen LogP contribution in [0.25, 0.3) is 11.6 Å². The molecule has 1 aliphatic rings. The summed E-state index contributed by atoms with van der Waals surface area (Å²) in [6.45, 7) is 10.9. The highest BCUT2D eigenvalue weighted by atomic mass is 35.5. The van der Waals surface area contributed by atoms with E-state index in [0.29, 0.717) is 33.7 Å². The van der Waals surface area contributed by atoms with Gasteiger partial charge in [-0.2, -0.15) is 0 Å². The first-order chi connectivity index (χ1) is 15.8. The Morgan fingerprint density at radius 2 is 1.70 bits per heavy atom. The number of benzene rings is 2. The summed E-state index contributed by atoms with van der Waals surface area (Å²) >= 11 is 12.5. The molecule has 0 saturated carbocycles. The molecule has 0 bridgehead atoms. The van der Waals surface area contributed by atoms with Crippen LogP contribution in [-0.4, -0.2) is 25.2 Å². The molecular weight excluding hydrogens is 457 g/mol. The lowest BCUT2D eigenvalue weighted by Gasteiger charge is -2.36. The number of nitrogens with zero attached hydrogens (tertiary/aromatic N) is 1. The summed E-state index contributed by atoms with van der Waals surface area (Å²) in [6, 6.07) is 10.9. The van der Waals surface area contributed by atoms with E-state index >= 15 is 0 Å². The maximum absolute atomic E-state index is 13.1. The third kappa shape index (κ3) is 5.23. The van der Waals surface area contributed by atoms with Crippen molar-refractivity contribution in [1.82, 2.24) is 0 Å². The van der Waals surface area contributed by atoms with Crippen molar-refractivity contribution in [3.63, 3.8) is 0 Å². The molecule has 176 valence electrons. The van der Waals surface area contributed by atoms with E-state index in [4.69, 9.17) is 32.7 Å². The minimum absolute atomic E-state index is 0.106. The van der Waals surface area contributed by atoms with E-state index in [1.54, 1.807) is 30.1 Å². The molecule has 0 spiro atoms. The Labute approximate surface area is 206 Å². The Morgan fingerprint density at radius 3 is 2.33 bits per heavy atom. The van der Waals surface area contributed by atoms with Gasteiger partial charge in [0.05, 0.1) is 12.3 Å². The van der Waals surface area contributed by atoms with Gasteiger partial charge in [-0.15, -0.1) is 0 Å². The average Bonchev–Trinajstić information content (AvgIpc) is 3.00. The molecular formula is C27H31Cl2NO3. The van der Waals surface area contributed by atoms with E-state index in [-0.39, 0.29) is 5.91 Å². The van der Waals surface area contributed by atoms with Gasteiger partial charge < -0.3 is 14.4 Å². The number of hydrogen-bond donors (Lipinski definition) is 0.